The molecule has 1 unspecified atom stereocenters. The van der Waals surface area contributed by atoms with Crippen LogP contribution in [0.4, 0.5) is 0 Å². The molecule has 94 valence electrons. The third kappa shape index (κ3) is 3.85. The van der Waals surface area contributed by atoms with Crippen molar-refractivity contribution in [3.63, 3.8) is 0 Å². The van der Waals surface area contributed by atoms with E-state index >= 15 is 0 Å². The standard InChI is InChI=1S/C13H13NO2S2/c15-13(16)11(8-10-4-2-1-3-5-10)18-9-12-14-6-7-17-12/h1-7,11H,8-9H2,(H,15,16). The number of aromatic nitrogens is 1. The monoisotopic (exact) mass is 279 g/mol. The van der Waals surface area contributed by atoms with E-state index in [1.165, 1.54) is 11.8 Å². The number of carboxylic acids is 1. The topological polar surface area (TPSA) is 50.2 Å². The van der Waals surface area contributed by atoms with Crippen molar-refractivity contribution in [2.75, 3.05) is 0 Å². The zero-order chi connectivity index (χ0) is 12.8. The number of thioether (sulfide) groups is 1. The second-order valence-electron chi connectivity index (χ2n) is 3.75. The zero-order valence-corrected chi connectivity index (χ0v) is 11.3. The van der Waals surface area contributed by atoms with Crippen LogP contribution >= 0.6 is 23.1 Å². The van der Waals surface area contributed by atoms with Crippen LogP contribution < -0.4 is 0 Å². The van der Waals surface area contributed by atoms with Gasteiger partial charge in [-0.05, 0) is 12.0 Å². The number of carbonyl (C=O) groups is 1. The van der Waals surface area contributed by atoms with Gasteiger partial charge in [-0.2, -0.15) is 0 Å². The Kier molecular flexibility index (Phi) is 4.78. The molecule has 0 aliphatic heterocycles. The van der Waals surface area contributed by atoms with Gasteiger partial charge >= 0.3 is 5.97 Å². The highest BCUT2D eigenvalue weighted by atomic mass is 32.2. The van der Waals surface area contributed by atoms with Crippen molar-refractivity contribution in [3.05, 3.63) is 52.5 Å². The molecule has 0 spiro atoms. The van der Waals surface area contributed by atoms with Gasteiger partial charge in [0.1, 0.15) is 10.3 Å². The predicted molar refractivity (Wildman–Crippen MR) is 75.0 cm³/mol. The van der Waals surface area contributed by atoms with Crippen LogP contribution in [-0.2, 0) is 17.0 Å². The lowest BCUT2D eigenvalue weighted by Gasteiger charge is -2.11. The second-order valence-corrected chi connectivity index (χ2v) is 5.92. The van der Waals surface area contributed by atoms with Gasteiger partial charge < -0.3 is 5.11 Å². The minimum atomic E-state index is -0.764. The van der Waals surface area contributed by atoms with Crippen LogP contribution in [0.5, 0.6) is 0 Å². The first-order valence-corrected chi connectivity index (χ1v) is 7.45. The van der Waals surface area contributed by atoms with Crippen molar-refractivity contribution in [2.45, 2.75) is 17.4 Å². The highest BCUT2D eigenvalue weighted by Gasteiger charge is 2.18. The summed E-state index contributed by atoms with van der Waals surface area (Å²) in [5.74, 6) is -0.109. The van der Waals surface area contributed by atoms with Gasteiger partial charge in [0.15, 0.2) is 0 Å². The summed E-state index contributed by atoms with van der Waals surface area (Å²) in [6, 6.07) is 9.71. The molecule has 2 rings (SSSR count). The van der Waals surface area contributed by atoms with Gasteiger partial charge in [0, 0.05) is 17.3 Å². The lowest BCUT2D eigenvalue weighted by atomic mass is 10.1. The van der Waals surface area contributed by atoms with Crippen molar-refractivity contribution in [3.8, 4) is 0 Å². The molecule has 0 amide bonds. The van der Waals surface area contributed by atoms with Crippen LogP contribution in [0.15, 0.2) is 41.9 Å². The first-order chi connectivity index (χ1) is 8.75. The van der Waals surface area contributed by atoms with Crippen LogP contribution in [0, 0.1) is 0 Å². The normalized spacial score (nSPS) is 12.2. The molecule has 1 atom stereocenters. The first kappa shape index (κ1) is 13.1. The van der Waals surface area contributed by atoms with Gasteiger partial charge in [-0.3, -0.25) is 4.79 Å². The molecule has 0 aliphatic rings. The first-order valence-electron chi connectivity index (χ1n) is 5.52. The van der Waals surface area contributed by atoms with E-state index < -0.39 is 11.2 Å². The fraction of sp³-hybridized carbons (Fsp3) is 0.231. The van der Waals surface area contributed by atoms with E-state index in [0.717, 1.165) is 10.6 Å². The van der Waals surface area contributed by atoms with Crippen LogP contribution in [0.3, 0.4) is 0 Å². The van der Waals surface area contributed by atoms with Gasteiger partial charge in [0.25, 0.3) is 0 Å². The molecule has 0 radical (unpaired) electrons. The molecule has 1 heterocycles. The fourth-order valence-corrected chi connectivity index (χ4v) is 3.29. The van der Waals surface area contributed by atoms with Gasteiger partial charge in [-0.1, -0.05) is 30.3 Å². The molecule has 5 heteroatoms. The molecule has 3 nitrogen and oxygen atoms in total. The summed E-state index contributed by atoms with van der Waals surface area (Å²) in [5.41, 5.74) is 1.05. The highest BCUT2D eigenvalue weighted by Crippen LogP contribution is 2.22. The third-order valence-corrected chi connectivity index (χ3v) is 4.60. The lowest BCUT2D eigenvalue weighted by molar-refractivity contribution is -0.136. The number of hydrogen-bond donors (Lipinski definition) is 1. The molecule has 2 aromatic rings. The summed E-state index contributed by atoms with van der Waals surface area (Å²) in [4.78, 5) is 15.4. The van der Waals surface area contributed by atoms with Crippen molar-refractivity contribution in [1.29, 1.82) is 0 Å². The van der Waals surface area contributed by atoms with Crippen LogP contribution in [0.25, 0.3) is 0 Å². The van der Waals surface area contributed by atoms with Gasteiger partial charge in [-0.25, -0.2) is 4.98 Å². The molecular weight excluding hydrogens is 266 g/mol. The van der Waals surface area contributed by atoms with E-state index in [0.29, 0.717) is 12.2 Å². The van der Waals surface area contributed by atoms with Gasteiger partial charge in [0.2, 0.25) is 0 Å². The molecule has 0 fully saturated rings. The number of carboxylic acid groups (broad SMARTS) is 1. The van der Waals surface area contributed by atoms with Crippen molar-refractivity contribution in [1.82, 2.24) is 4.98 Å². The summed E-state index contributed by atoms with van der Waals surface area (Å²) in [7, 11) is 0. The zero-order valence-electron chi connectivity index (χ0n) is 9.65. The maximum atomic E-state index is 11.2. The van der Waals surface area contributed by atoms with E-state index in [1.807, 2.05) is 35.7 Å². The van der Waals surface area contributed by atoms with Crippen LogP contribution in [0.2, 0.25) is 0 Å². The number of hydrogen-bond acceptors (Lipinski definition) is 4. The molecular formula is C13H13NO2S2. The number of thiazole rings is 1. The smallest absolute Gasteiger partial charge is 0.316 e. The Morgan fingerprint density at radius 3 is 2.78 bits per heavy atom. The van der Waals surface area contributed by atoms with Gasteiger partial charge in [0.05, 0.1) is 0 Å². The average Bonchev–Trinajstić information content (AvgIpc) is 2.88. The summed E-state index contributed by atoms with van der Waals surface area (Å²) < 4.78 is 0. The SMILES string of the molecule is O=C(O)C(Cc1ccccc1)SCc1nccs1. The minimum Gasteiger partial charge on any atom is -0.480 e. The molecule has 0 saturated carbocycles. The fourth-order valence-electron chi connectivity index (χ4n) is 1.54. The third-order valence-electron chi connectivity index (χ3n) is 2.43. The quantitative estimate of drug-likeness (QED) is 0.883. The largest absolute Gasteiger partial charge is 0.480 e. The highest BCUT2D eigenvalue weighted by molar-refractivity contribution is 7.99. The Bertz CT molecular complexity index is 485. The molecule has 1 N–H and O–H groups in total. The van der Waals surface area contributed by atoms with Crippen LogP contribution in [-0.4, -0.2) is 21.3 Å². The Balaban J connectivity index is 1.94. The summed E-state index contributed by atoms with van der Waals surface area (Å²) in [6.45, 7) is 0. The second kappa shape index (κ2) is 6.56. The molecule has 1 aromatic carbocycles. The summed E-state index contributed by atoms with van der Waals surface area (Å²) in [5, 5.41) is 11.7. The Labute approximate surface area is 114 Å². The Morgan fingerprint density at radius 1 is 1.39 bits per heavy atom. The van der Waals surface area contributed by atoms with Crippen molar-refractivity contribution >= 4 is 29.1 Å². The minimum absolute atomic E-state index is 0.420. The number of aliphatic carboxylic acids is 1. The van der Waals surface area contributed by atoms with E-state index in [9.17, 15) is 9.90 Å². The van der Waals surface area contributed by atoms with E-state index in [2.05, 4.69) is 4.98 Å². The molecule has 0 aliphatic carbocycles. The predicted octanol–water partition coefficient (Wildman–Crippen LogP) is 3.07. The summed E-state index contributed by atoms with van der Waals surface area (Å²) >= 11 is 2.99. The number of rotatable bonds is 6. The van der Waals surface area contributed by atoms with Crippen LogP contribution in [0.1, 0.15) is 10.6 Å². The molecule has 0 bridgehead atoms. The number of benzene rings is 1. The average molecular weight is 279 g/mol. The van der Waals surface area contributed by atoms with Crippen molar-refractivity contribution < 1.29 is 9.90 Å². The van der Waals surface area contributed by atoms with Gasteiger partial charge in [-0.15, -0.1) is 23.1 Å². The Hall–Kier alpha value is -1.33. The van der Waals surface area contributed by atoms with Crippen molar-refractivity contribution in [2.24, 2.45) is 0 Å². The molecule has 0 saturated heterocycles. The molecule has 1 aromatic heterocycles. The number of nitrogens with zero attached hydrogens (tertiary/aromatic N) is 1. The van der Waals surface area contributed by atoms with E-state index in [4.69, 9.17) is 0 Å². The lowest BCUT2D eigenvalue weighted by Crippen LogP contribution is -2.19. The summed E-state index contributed by atoms with van der Waals surface area (Å²) in [6.07, 6.45) is 2.29. The van der Waals surface area contributed by atoms with E-state index in [1.54, 1.807) is 17.5 Å². The maximum Gasteiger partial charge on any atom is 0.316 e. The Morgan fingerprint density at radius 2 is 2.17 bits per heavy atom. The maximum absolute atomic E-state index is 11.2. The molecule has 18 heavy (non-hydrogen) atoms. The van der Waals surface area contributed by atoms with E-state index in [-0.39, 0.29) is 0 Å².